The van der Waals surface area contributed by atoms with Crippen LogP contribution in [-0.2, 0) is 0 Å². The van der Waals surface area contributed by atoms with Gasteiger partial charge in [-0.2, -0.15) is 0 Å². The summed E-state index contributed by atoms with van der Waals surface area (Å²) in [6, 6.07) is 0. The lowest BCUT2D eigenvalue weighted by molar-refractivity contribution is 0.736. The van der Waals surface area contributed by atoms with Crippen molar-refractivity contribution in [1.29, 1.82) is 0 Å². The number of hydrogen-bond donors (Lipinski definition) is 0. The standard InChI is InChI=1S/2C4H10.7C2H6/c2*1-4(2)3;7*1-2/h2*4H,1-3H3;7*1-2H3. The highest BCUT2D eigenvalue weighted by Gasteiger charge is 1.68. The molecule has 0 aliphatic carbocycles. The molecule has 0 atom stereocenters. The highest BCUT2D eigenvalue weighted by molar-refractivity contribution is 4.21. The normalized spacial score (nSPS) is 5.18. The molecule has 0 aliphatic rings. The van der Waals surface area contributed by atoms with Crippen LogP contribution in [0.15, 0.2) is 0 Å². The van der Waals surface area contributed by atoms with E-state index in [0.717, 1.165) is 11.8 Å². The van der Waals surface area contributed by atoms with Gasteiger partial charge >= 0.3 is 0 Å². The zero-order valence-corrected chi connectivity index (χ0v) is 21.2. The highest BCUT2D eigenvalue weighted by atomic mass is 13.7. The van der Waals surface area contributed by atoms with E-state index in [-0.39, 0.29) is 0 Å². The highest BCUT2D eigenvalue weighted by Crippen LogP contribution is 1.81. The molecule has 0 radical (unpaired) electrons. The molecule has 0 heteroatoms. The van der Waals surface area contributed by atoms with Gasteiger partial charge in [-0.25, -0.2) is 0 Å². The van der Waals surface area contributed by atoms with Crippen LogP contribution >= 0.6 is 0 Å². The fourth-order valence-electron chi connectivity index (χ4n) is 0. The number of rotatable bonds is 0. The minimum Gasteiger partial charge on any atom is -0.0683 e. The molecule has 0 heterocycles. The molecule has 0 bridgehead atoms. The van der Waals surface area contributed by atoms with Gasteiger partial charge in [0, 0.05) is 0 Å². The van der Waals surface area contributed by atoms with Gasteiger partial charge in [0.2, 0.25) is 0 Å². The van der Waals surface area contributed by atoms with Crippen molar-refractivity contribution in [3.63, 3.8) is 0 Å². The van der Waals surface area contributed by atoms with E-state index in [4.69, 9.17) is 0 Å². The maximum atomic E-state index is 2.17. The monoisotopic (exact) mass is 326 g/mol. The van der Waals surface area contributed by atoms with Gasteiger partial charge in [-0.1, -0.05) is 138 Å². The topological polar surface area (TPSA) is 0 Å². The molecular formula is C22H62. The SMILES string of the molecule is CC.CC.CC.CC.CC.CC.CC.CC(C)C.CC(C)C. The predicted octanol–water partition coefficient (Wildman–Crippen LogP) is 10.5. The lowest BCUT2D eigenvalue weighted by atomic mass is 10.3. The predicted molar refractivity (Wildman–Crippen MR) is 120 cm³/mol. The molecule has 0 nitrogen and oxygen atoms in total. The Morgan fingerprint density at radius 3 is 0.227 bits per heavy atom. The molecule has 0 fully saturated rings. The van der Waals surface area contributed by atoms with Gasteiger partial charge in [0.15, 0.2) is 0 Å². The van der Waals surface area contributed by atoms with Crippen LogP contribution in [0.3, 0.4) is 0 Å². The lowest BCUT2D eigenvalue weighted by Gasteiger charge is -1.79. The van der Waals surface area contributed by atoms with Gasteiger partial charge in [-0.15, -0.1) is 0 Å². The zero-order chi connectivity index (χ0) is 21.2. The molecule has 0 aliphatic heterocycles. The van der Waals surface area contributed by atoms with E-state index in [1.165, 1.54) is 0 Å². The second-order valence-electron chi connectivity index (χ2n) is 3.46. The quantitative estimate of drug-likeness (QED) is 0.415. The Morgan fingerprint density at radius 1 is 0.227 bits per heavy atom. The largest absolute Gasteiger partial charge is 0.0683 e. The Hall–Kier alpha value is 0. The Kier molecular flexibility index (Phi) is 609. The van der Waals surface area contributed by atoms with Gasteiger partial charge in [0.1, 0.15) is 0 Å². The molecule has 0 aromatic rings. The molecule has 0 amide bonds. The molecule has 0 N–H and O–H groups in total. The molecule has 0 aromatic heterocycles. The zero-order valence-electron chi connectivity index (χ0n) is 21.2. The third-order valence-electron chi connectivity index (χ3n) is 0. The fourth-order valence-corrected chi connectivity index (χ4v) is 0. The lowest BCUT2D eigenvalue weighted by Crippen LogP contribution is -1.66. The summed E-state index contributed by atoms with van der Waals surface area (Å²) in [6.45, 7) is 41.0. The van der Waals surface area contributed by atoms with Crippen molar-refractivity contribution in [2.75, 3.05) is 0 Å². The first-order valence-electron chi connectivity index (χ1n) is 10.5. The summed E-state index contributed by atoms with van der Waals surface area (Å²) in [7, 11) is 0. The van der Waals surface area contributed by atoms with Gasteiger partial charge < -0.3 is 0 Å². The summed E-state index contributed by atoms with van der Waals surface area (Å²) in [5, 5.41) is 0. The first-order valence-corrected chi connectivity index (χ1v) is 10.5. The van der Waals surface area contributed by atoms with E-state index >= 15 is 0 Å². The van der Waals surface area contributed by atoms with Crippen molar-refractivity contribution in [2.45, 2.75) is 138 Å². The molecule has 0 aromatic carbocycles. The molecule has 0 saturated carbocycles. The van der Waals surface area contributed by atoms with Crippen LogP contribution in [-0.4, -0.2) is 0 Å². The molecule has 0 spiro atoms. The van der Waals surface area contributed by atoms with E-state index in [1.54, 1.807) is 0 Å². The second kappa shape index (κ2) is 233. The van der Waals surface area contributed by atoms with Crippen LogP contribution < -0.4 is 0 Å². The van der Waals surface area contributed by atoms with Crippen LogP contribution in [0.1, 0.15) is 138 Å². The van der Waals surface area contributed by atoms with Crippen LogP contribution in [0.2, 0.25) is 0 Å². The van der Waals surface area contributed by atoms with Crippen molar-refractivity contribution in [3.05, 3.63) is 0 Å². The Morgan fingerprint density at radius 2 is 0.227 bits per heavy atom. The third kappa shape index (κ3) is 0. The van der Waals surface area contributed by atoms with Crippen molar-refractivity contribution >= 4 is 0 Å². The van der Waals surface area contributed by atoms with Crippen molar-refractivity contribution < 1.29 is 0 Å². The van der Waals surface area contributed by atoms with E-state index in [9.17, 15) is 0 Å². The molecule has 0 unspecified atom stereocenters. The van der Waals surface area contributed by atoms with E-state index in [2.05, 4.69) is 41.5 Å². The van der Waals surface area contributed by atoms with Gasteiger partial charge in [-0.3, -0.25) is 0 Å². The summed E-state index contributed by atoms with van der Waals surface area (Å²) in [5.74, 6) is 1.67. The summed E-state index contributed by atoms with van der Waals surface area (Å²) in [6.07, 6.45) is 0. The van der Waals surface area contributed by atoms with Gasteiger partial charge in [-0.05, 0) is 11.8 Å². The average molecular weight is 327 g/mol. The van der Waals surface area contributed by atoms with E-state index in [0.29, 0.717) is 0 Å². The van der Waals surface area contributed by atoms with Crippen LogP contribution in [0.25, 0.3) is 0 Å². The second-order valence-corrected chi connectivity index (χ2v) is 3.46. The van der Waals surface area contributed by atoms with Crippen LogP contribution in [0.5, 0.6) is 0 Å². The Labute approximate surface area is 150 Å². The summed E-state index contributed by atoms with van der Waals surface area (Å²) < 4.78 is 0. The first-order chi connectivity index (χ1) is 10.5. The van der Waals surface area contributed by atoms with Gasteiger partial charge in [0.25, 0.3) is 0 Å². The van der Waals surface area contributed by atoms with Gasteiger partial charge in [0.05, 0.1) is 0 Å². The van der Waals surface area contributed by atoms with Crippen molar-refractivity contribution in [1.82, 2.24) is 0 Å². The minimum atomic E-state index is 0.833. The average Bonchev–Trinajstić information content (AvgIpc) is 2.59. The first kappa shape index (κ1) is 57.4. The molecule has 0 rings (SSSR count). The smallest absolute Gasteiger partial charge is 0.0500 e. The van der Waals surface area contributed by atoms with Crippen molar-refractivity contribution in [3.8, 4) is 0 Å². The molecule has 0 saturated heterocycles. The van der Waals surface area contributed by atoms with Crippen LogP contribution in [0.4, 0.5) is 0 Å². The van der Waals surface area contributed by atoms with Crippen molar-refractivity contribution in [2.24, 2.45) is 11.8 Å². The number of hydrogen-bond acceptors (Lipinski definition) is 0. The molecular weight excluding hydrogens is 264 g/mol. The summed E-state index contributed by atoms with van der Waals surface area (Å²) in [4.78, 5) is 0. The van der Waals surface area contributed by atoms with E-state index in [1.807, 2.05) is 96.9 Å². The van der Waals surface area contributed by atoms with Crippen LogP contribution in [0, 0.1) is 11.8 Å². The molecule has 150 valence electrons. The fraction of sp³-hybridized carbons (Fsp3) is 1.00. The Balaban J connectivity index is -0.0000000127. The summed E-state index contributed by atoms with van der Waals surface area (Å²) in [5.41, 5.74) is 0. The minimum absolute atomic E-state index is 0.833. The Bertz CT molecular complexity index is 15.5. The maximum Gasteiger partial charge on any atom is -0.0500 e. The van der Waals surface area contributed by atoms with E-state index < -0.39 is 0 Å². The maximum absolute atomic E-state index is 2.17. The molecule has 22 heavy (non-hydrogen) atoms. The third-order valence-corrected chi connectivity index (χ3v) is 0. The summed E-state index contributed by atoms with van der Waals surface area (Å²) >= 11 is 0.